The number of ether oxygens (including phenoxy) is 1. The Morgan fingerprint density at radius 2 is 2.31 bits per heavy atom. The van der Waals surface area contributed by atoms with Crippen molar-refractivity contribution in [2.75, 3.05) is 13.2 Å². The van der Waals surface area contributed by atoms with Gasteiger partial charge in [0.05, 0.1) is 13.2 Å². The molecular weight excluding hydrogens is 229 g/mol. The molecule has 1 aromatic rings. The highest BCUT2D eigenvalue weighted by Gasteiger charge is 2.13. The minimum absolute atomic E-state index is 0. The predicted octanol–water partition coefficient (Wildman–Crippen LogP) is 2.52. The quantitative estimate of drug-likeness (QED) is 0.880. The van der Waals surface area contributed by atoms with Crippen LogP contribution < -0.4 is 5.32 Å². The van der Waals surface area contributed by atoms with Gasteiger partial charge in [-0.3, -0.25) is 0 Å². The maximum absolute atomic E-state index is 12.8. The van der Waals surface area contributed by atoms with Crippen LogP contribution in [0.2, 0.25) is 0 Å². The minimum atomic E-state index is -0.199. The second kappa shape index (κ2) is 6.84. The Kier molecular flexibility index (Phi) is 5.74. The van der Waals surface area contributed by atoms with Gasteiger partial charge in [-0.25, -0.2) is 4.39 Å². The molecule has 0 amide bonds. The second-order valence-corrected chi connectivity index (χ2v) is 3.94. The fraction of sp³-hybridized carbons (Fsp3) is 0.500. The van der Waals surface area contributed by atoms with E-state index < -0.39 is 0 Å². The van der Waals surface area contributed by atoms with Gasteiger partial charge in [0, 0.05) is 6.04 Å². The van der Waals surface area contributed by atoms with Crippen LogP contribution in [0, 0.1) is 5.82 Å². The van der Waals surface area contributed by atoms with Gasteiger partial charge in [0.2, 0.25) is 0 Å². The molecule has 0 saturated carbocycles. The first-order chi connectivity index (χ1) is 7.34. The Bertz CT molecular complexity index is 316. The molecule has 2 rings (SSSR count). The van der Waals surface area contributed by atoms with Crippen LogP contribution in [0.4, 0.5) is 4.39 Å². The zero-order valence-corrected chi connectivity index (χ0v) is 9.93. The molecule has 1 atom stereocenters. The zero-order chi connectivity index (χ0) is 10.5. The van der Waals surface area contributed by atoms with Crippen LogP contribution in [-0.2, 0) is 11.3 Å². The predicted molar refractivity (Wildman–Crippen MR) is 64.3 cm³/mol. The standard InChI is InChI=1S/C12H16FNO.ClH/c13-11-4-1-3-10(7-11)8-15-9-12-5-2-6-14-12;/h1,3-4,7,12,14H,2,5-6,8-9H2;1H. The molecule has 1 aliphatic heterocycles. The Balaban J connectivity index is 0.00000128. The van der Waals surface area contributed by atoms with E-state index in [4.69, 9.17) is 4.74 Å². The summed E-state index contributed by atoms with van der Waals surface area (Å²) in [4.78, 5) is 0. The maximum Gasteiger partial charge on any atom is 0.123 e. The molecular formula is C12H17ClFNO. The van der Waals surface area contributed by atoms with E-state index in [2.05, 4.69) is 5.32 Å². The second-order valence-electron chi connectivity index (χ2n) is 3.94. The highest BCUT2D eigenvalue weighted by atomic mass is 35.5. The summed E-state index contributed by atoms with van der Waals surface area (Å²) in [6, 6.07) is 7.04. The average Bonchev–Trinajstić information content (AvgIpc) is 2.71. The molecule has 90 valence electrons. The number of hydrogen-bond donors (Lipinski definition) is 1. The summed E-state index contributed by atoms with van der Waals surface area (Å²) in [5.41, 5.74) is 0.896. The number of halogens is 2. The molecule has 1 fully saturated rings. The topological polar surface area (TPSA) is 21.3 Å². The van der Waals surface area contributed by atoms with Gasteiger partial charge in [0.1, 0.15) is 5.82 Å². The Morgan fingerprint density at radius 1 is 1.44 bits per heavy atom. The summed E-state index contributed by atoms with van der Waals surface area (Å²) in [6.07, 6.45) is 2.41. The Morgan fingerprint density at radius 3 is 3.00 bits per heavy atom. The van der Waals surface area contributed by atoms with Crippen molar-refractivity contribution in [3.05, 3.63) is 35.6 Å². The molecule has 1 N–H and O–H groups in total. The molecule has 4 heteroatoms. The monoisotopic (exact) mass is 245 g/mol. The minimum Gasteiger partial charge on any atom is -0.375 e. The van der Waals surface area contributed by atoms with Crippen LogP contribution in [0.1, 0.15) is 18.4 Å². The van der Waals surface area contributed by atoms with Gasteiger partial charge < -0.3 is 10.1 Å². The molecule has 0 spiro atoms. The van der Waals surface area contributed by atoms with Gasteiger partial charge in [-0.2, -0.15) is 0 Å². The molecule has 16 heavy (non-hydrogen) atoms. The third-order valence-electron chi connectivity index (χ3n) is 2.64. The first-order valence-electron chi connectivity index (χ1n) is 5.40. The zero-order valence-electron chi connectivity index (χ0n) is 9.12. The molecule has 1 unspecified atom stereocenters. The third-order valence-corrected chi connectivity index (χ3v) is 2.64. The summed E-state index contributed by atoms with van der Waals surface area (Å²) in [6.45, 7) is 2.31. The Labute approximate surface area is 102 Å². The van der Waals surface area contributed by atoms with E-state index in [0.29, 0.717) is 12.6 Å². The summed E-state index contributed by atoms with van der Waals surface area (Å²) >= 11 is 0. The van der Waals surface area contributed by atoms with Crippen LogP contribution in [-0.4, -0.2) is 19.2 Å². The molecule has 1 heterocycles. The van der Waals surface area contributed by atoms with Crippen LogP contribution >= 0.6 is 12.4 Å². The number of benzene rings is 1. The van der Waals surface area contributed by atoms with Crippen molar-refractivity contribution >= 4 is 12.4 Å². The number of nitrogens with one attached hydrogen (secondary N) is 1. The van der Waals surface area contributed by atoms with Crippen molar-refractivity contribution in [2.24, 2.45) is 0 Å². The van der Waals surface area contributed by atoms with Crippen LogP contribution in [0.25, 0.3) is 0 Å². The normalized spacial score (nSPS) is 19.4. The van der Waals surface area contributed by atoms with E-state index in [9.17, 15) is 4.39 Å². The molecule has 0 bridgehead atoms. The molecule has 0 aromatic heterocycles. The summed E-state index contributed by atoms with van der Waals surface area (Å²) in [7, 11) is 0. The van der Waals surface area contributed by atoms with Crippen molar-refractivity contribution < 1.29 is 9.13 Å². The van der Waals surface area contributed by atoms with Gasteiger partial charge in [0.15, 0.2) is 0 Å². The van der Waals surface area contributed by atoms with E-state index in [1.807, 2.05) is 6.07 Å². The van der Waals surface area contributed by atoms with Crippen molar-refractivity contribution in [3.63, 3.8) is 0 Å². The van der Waals surface area contributed by atoms with Crippen LogP contribution in [0.3, 0.4) is 0 Å². The van der Waals surface area contributed by atoms with E-state index in [1.54, 1.807) is 6.07 Å². The number of hydrogen-bond acceptors (Lipinski definition) is 2. The fourth-order valence-corrected chi connectivity index (χ4v) is 1.84. The lowest BCUT2D eigenvalue weighted by molar-refractivity contribution is 0.103. The van der Waals surface area contributed by atoms with Crippen molar-refractivity contribution in [2.45, 2.75) is 25.5 Å². The van der Waals surface area contributed by atoms with E-state index in [1.165, 1.54) is 25.0 Å². The smallest absolute Gasteiger partial charge is 0.123 e. The SMILES string of the molecule is Cl.Fc1cccc(COCC2CCCN2)c1. The lowest BCUT2D eigenvalue weighted by Crippen LogP contribution is -2.26. The van der Waals surface area contributed by atoms with Crippen molar-refractivity contribution in [1.29, 1.82) is 0 Å². The van der Waals surface area contributed by atoms with Crippen LogP contribution in [0.15, 0.2) is 24.3 Å². The van der Waals surface area contributed by atoms with E-state index in [0.717, 1.165) is 18.7 Å². The molecule has 0 aliphatic carbocycles. The molecule has 1 aliphatic rings. The van der Waals surface area contributed by atoms with Gasteiger partial charge in [-0.15, -0.1) is 12.4 Å². The fourth-order valence-electron chi connectivity index (χ4n) is 1.84. The van der Waals surface area contributed by atoms with Gasteiger partial charge in [-0.05, 0) is 37.1 Å². The highest BCUT2D eigenvalue weighted by Crippen LogP contribution is 2.08. The van der Waals surface area contributed by atoms with Gasteiger partial charge >= 0.3 is 0 Å². The third kappa shape index (κ3) is 4.08. The van der Waals surface area contributed by atoms with E-state index >= 15 is 0 Å². The van der Waals surface area contributed by atoms with Crippen LogP contribution in [0.5, 0.6) is 0 Å². The maximum atomic E-state index is 12.8. The summed E-state index contributed by atoms with van der Waals surface area (Å²) in [5.74, 6) is -0.199. The lowest BCUT2D eigenvalue weighted by Gasteiger charge is -2.10. The van der Waals surface area contributed by atoms with Crippen molar-refractivity contribution in [3.8, 4) is 0 Å². The molecule has 2 nitrogen and oxygen atoms in total. The summed E-state index contributed by atoms with van der Waals surface area (Å²) < 4.78 is 18.4. The first-order valence-corrected chi connectivity index (χ1v) is 5.40. The Hall–Kier alpha value is -0.640. The summed E-state index contributed by atoms with van der Waals surface area (Å²) in [5, 5.41) is 3.36. The van der Waals surface area contributed by atoms with Crippen molar-refractivity contribution in [1.82, 2.24) is 5.32 Å². The van der Waals surface area contributed by atoms with E-state index in [-0.39, 0.29) is 18.2 Å². The number of rotatable bonds is 4. The molecule has 0 radical (unpaired) electrons. The van der Waals surface area contributed by atoms with Gasteiger partial charge in [0.25, 0.3) is 0 Å². The highest BCUT2D eigenvalue weighted by molar-refractivity contribution is 5.85. The first kappa shape index (κ1) is 13.4. The lowest BCUT2D eigenvalue weighted by atomic mass is 10.2. The van der Waals surface area contributed by atoms with Gasteiger partial charge in [-0.1, -0.05) is 12.1 Å². The largest absolute Gasteiger partial charge is 0.375 e. The average molecular weight is 246 g/mol. The molecule has 1 aromatic carbocycles. The molecule has 1 saturated heterocycles.